The summed E-state index contributed by atoms with van der Waals surface area (Å²) < 4.78 is 32.4. The first-order valence-electron chi connectivity index (χ1n) is 10.3. The molecule has 0 aromatic heterocycles. The second kappa shape index (κ2) is 11.4. The molecule has 0 N–H and O–H groups in total. The second-order valence-corrected chi connectivity index (χ2v) is 6.90. The van der Waals surface area contributed by atoms with Gasteiger partial charge in [-0.15, -0.1) is 0 Å². The van der Waals surface area contributed by atoms with Crippen LogP contribution < -0.4 is 28.4 Å². The zero-order chi connectivity index (χ0) is 24.5. The van der Waals surface area contributed by atoms with E-state index in [-0.39, 0.29) is 0 Å². The van der Waals surface area contributed by atoms with Crippen LogP contribution in [0, 0.1) is 23.7 Å². The van der Waals surface area contributed by atoms with Crippen LogP contribution in [0.5, 0.6) is 34.5 Å². The third-order valence-corrected chi connectivity index (χ3v) is 4.96. The summed E-state index contributed by atoms with van der Waals surface area (Å²) in [6.07, 6.45) is 0. The molecule has 3 aromatic rings. The van der Waals surface area contributed by atoms with Gasteiger partial charge in [-0.1, -0.05) is 23.7 Å². The second-order valence-electron chi connectivity index (χ2n) is 6.90. The van der Waals surface area contributed by atoms with Crippen molar-refractivity contribution in [2.24, 2.45) is 0 Å². The molecule has 34 heavy (non-hydrogen) atoms. The first-order valence-corrected chi connectivity index (χ1v) is 10.3. The summed E-state index contributed by atoms with van der Waals surface area (Å²) in [6, 6.07) is 14.7. The molecule has 0 amide bonds. The van der Waals surface area contributed by atoms with Gasteiger partial charge in [0, 0.05) is 34.4 Å². The highest BCUT2D eigenvalue weighted by molar-refractivity contribution is 5.62. The van der Waals surface area contributed by atoms with Crippen LogP contribution in [0.1, 0.15) is 22.3 Å². The standard InChI is InChI=1S/C28H26O6/c1-29-23-13-9-19(10-14-23)7-11-21-17-24(30-2)25(31-3)18-22(21)12-8-20-15-26(32-4)28(34-6)27(16-20)33-5/h9-10,13-18H,1-6H3. The van der Waals surface area contributed by atoms with Crippen LogP contribution in [-0.4, -0.2) is 42.7 Å². The summed E-state index contributed by atoms with van der Waals surface area (Å²) in [4.78, 5) is 0. The first-order chi connectivity index (χ1) is 16.6. The third kappa shape index (κ3) is 5.49. The van der Waals surface area contributed by atoms with E-state index in [1.54, 1.807) is 54.8 Å². The molecule has 6 heteroatoms. The lowest BCUT2D eigenvalue weighted by Gasteiger charge is -2.12. The van der Waals surface area contributed by atoms with Crippen molar-refractivity contribution in [3.05, 3.63) is 70.8 Å². The summed E-state index contributed by atoms with van der Waals surface area (Å²) >= 11 is 0. The average Bonchev–Trinajstić information content (AvgIpc) is 2.89. The number of hydrogen-bond acceptors (Lipinski definition) is 6. The van der Waals surface area contributed by atoms with E-state index in [4.69, 9.17) is 28.4 Å². The van der Waals surface area contributed by atoms with Crippen molar-refractivity contribution in [1.82, 2.24) is 0 Å². The van der Waals surface area contributed by atoms with E-state index in [9.17, 15) is 0 Å². The summed E-state index contributed by atoms with van der Waals surface area (Å²) in [6.45, 7) is 0. The van der Waals surface area contributed by atoms with E-state index < -0.39 is 0 Å². The highest BCUT2D eigenvalue weighted by Crippen LogP contribution is 2.38. The van der Waals surface area contributed by atoms with Gasteiger partial charge in [-0.2, -0.15) is 0 Å². The highest BCUT2D eigenvalue weighted by atomic mass is 16.5. The Balaban J connectivity index is 2.08. The van der Waals surface area contributed by atoms with Gasteiger partial charge < -0.3 is 28.4 Å². The van der Waals surface area contributed by atoms with Gasteiger partial charge in [0.1, 0.15) is 5.75 Å². The van der Waals surface area contributed by atoms with E-state index in [1.807, 2.05) is 36.4 Å². The largest absolute Gasteiger partial charge is 0.497 e. The molecule has 0 fully saturated rings. The normalized spacial score (nSPS) is 9.59. The summed E-state index contributed by atoms with van der Waals surface area (Å²) in [5, 5.41) is 0. The molecule has 0 radical (unpaired) electrons. The summed E-state index contributed by atoms with van der Waals surface area (Å²) in [7, 11) is 9.48. The van der Waals surface area contributed by atoms with Crippen LogP contribution >= 0.6 is 0 Å². The Morgan fingerprint density at radius 1 is 0.441 bits per heavy atom. The van der Waals surface area contributed by atoms with E-state index in [0.717, 1.165) is 11.3 Å². The fourth-order valence-electron chi connectivity index (χ4n) is 3.19. The lowest BCUT2D eigenvalue weighted by atomic mass is 10.0. The number of ether oxygens (including phenoxy) is 6. The maximum absolute atomic E-state index is 5.46. The smallest absolute Gasteiger partial charge is 0.203 e. The Bertz CT molecular complexity index is 1250. The van der Waals surface area contributed by atoms with E-state index >= 15 is 0 Å². The maximum Gasteiger partial charge on any atom is 0.203 e. The fraction of sp³-hybridized carbons (Fsp3) is 0.214. The molecule has 0 bridgehead atoms. The van der Waals surface area contributed by atoms with E-state index in [1.165, 1.54) is 0 Å². The lowest BCUT2D eigenvalue weighted by molar-refractivity contribution is 0.324. The Kier molecular flexibility index (Phi) is 8.16. The molecular weight excluding hydrogens is 432 g/mol. The molecule has 0 aliphatic heterocycles. The number of methoxy groups -OCH3 is 6. The van der Waals surface area contributed by atoms with Crippen molar-refractivity contribution in [2.75, 3.05) is 42.7 Å². The quantitative estimate of drug-likeness (QED) is 0.506. The Hall–Kier alpha value is -4.42. The minimum Gasteiger partial charge on any atom is -0.497 e. The van der Waals surface area contributed by atoms with Gasteiger partial charge in [0.2, 0.25) is 5.75 Å². The van der Waals surface area contributed by atoms with Crippen molar-refractivity contribution in [3.8, 4) is 58.2 Å². The average molecular weight is 459 g/mol. The van der Waals surface area contributed by atoms with Crippen LogP contribution in [0.15, 0.2) is 48.5 Å². The fourth-order valence-corrected chi connectivity index (χ4v) is 3.19. The molecule has 0 atom stereocenters. The molecule has 3 aromatic carbocycles. The number of hydrogen-bond donors (Lipinski definition) is 0. The summed E-state index contributed by atoms with van der Waals surface area (Å²) in [5.74, 6) is 16.2. The van der Waals surface area contributed by atoms with Crippen LogP contribution in [0.4, 0.5) is 0 Å². The zero-order valence-corrected chi connectivity index (χ0v) is 20.1. The van der Waals surface area contributed by atoms with Gasteiger partial charge in [0.25, 0.3) is 0 Å². The van der Waals surface area contributed by atoms with Gasteiger partial charge in [0.05, 0.1) is 42.7 Å². The topological polar surface area (TPSA) is 55.4 Å². The molecule has 0 saturated heterocycles. The van der Waals surface area contributed by atoms with E-state index in [0.29, 0.717) is 45.4 Å². The molecular formula is C28H26O6. The minimum absolute atomic E-state index is 0.507. The van der Waals surface area contributed by atoms with E-state index in [2.05, 4.69) is 23.7 Å². The molecule has 0 aliphatic carbocycles. The van der Waals surface area contributed by atoms with Crippen molar-refractivity contribution in [2.45, 2.75) is 0 Å². The Morgan fingerprint density at radius 2 is 0.912 bits per heavy atom. The molecule has 3 rings (SSSR count). The van der Waals surface area contributed by atoms with Gasteiger partial charge in [-0.25, -0.2) is 0 Å². The molecule has 0 aliphatic rings. The summed E-state index contributed by atoms with van der Waals surface area (Å²) in [5.41, 5.74) is 2.93. The van der Waals surface area contributed by atoms with Crippen molar-refractivity contribution < 1.29 is 28.4 Å². The SMILES string of the molecule is COc1ccc(C#Cc2cc(OC)c(OC)cc2C#Cc2cc(OC)c(OC)c(OC)c2)cc1. The molecule has 0 heterocycles. The van der Waals surface area contributed by atoms with Gasteiger partial charge in [0.15, 0.2) is 23.0 Å². The molecule has 6 nitrogen and oxygen atoms in total. The lowest BCUT2D eigenvalue weighted by Crippen LogP contribution is -1.96. The van der Waals surface area contributed by atoms with Crippen LogP contribution in [-0.2, 0) is 0 Å². The van der Waals surface area contributed by atoms with Crippen LogP contribution in [0.3, 0.4) is 0 Å². The van der Waals surface area contributed by atoms with Gasteiger partial charge in [-0.05, 0) is 36.4 Å². The number of benzene rings is 3. The first kappa shape index (κ1) is 24.2. The van der Waals surface area contributed by atoms with Crippen LogP contribution in [0.2, 0.25) is 0 Å². The molecule has 0 saturated carbocycles. The predicted molar refractivity (Wildman–Crippen MR) is 131 cm³/mol. The molecule has 0 spiro atoms. The van der Waals surface area contributed by atoms with Crippen molar-refractivity contribution in [1.29, 1.82) is 0 Å². The minimum atomic E-state index is 0.507. The maximum atomic E-state index is 5.46. The van der Waals surface area contributed by atoms with Crippen LogP contribution in [0.25, 0.3) is 0 Å². The predicted octanol–water partition coefficient (Wildman–Crippen LogP) is 4.54. The van der Waals surface area contributed by atoms with Crippen molar-refractivity contribution >= 4 is 0 Å². The molecule has 174 valence electrons. The molecule has 0 unspecified atom stereocenters. The Morgan fingerprint density at radius 3 is 1.32 bits per heavy atom. The highest BCUT2D eigenvalue weighted by Gasteiger charge is 2.13. The van der Waals surface area contributed by atoms with Gasteiger partial charge in [-0.3, -0.25) is 0 Å². The zero-order valence-electron chi connectivity index (χ0n) is 20.1. The monoisotopic (exact) mass is 458 g/mol. The van der Waals surface area contributed by atoms with Crippen molar-refractivity contribution in [3.63, 3.8) is 0 Å². The Labute approximate surface area is 200 Å². The van der Waals surface area contributed by atoms with Gasteiger partial charge >= 0.3 is 0 Å². The number of rotatable bonds is 6. The third-order valence-electron chi connectivity index (χ3n) is 4.96.